The molecule has 1 atom stereocenters. The molecule has 0 bridgehead atoms. The van der Waals surface area contributed by atoms with Gasteiger partial charge >= 0.3 is 0 Å². The molecular formula is C30H36N8O4S. The van der Waals surface area contributed by atoms with Crippen molar-refractivity contribution in [1.82, 2.24) is 34.9 Å². The van der Waals surface area contributed by atoms with Crippen LogP contribution < -0.4 is 15.8 Å². The highest BCUT2D eigenvalue weighted by atomic mass is 32.2. The number of aromatic amines is 1. The highest BCUT2D eigenvalue weighted by molar-refractivity contribution is 7.91. The molecule has 0 radical (unpaired) electrons. The molecule has 1 spiro atoms. The van der Waals surface area contributed by atoms with E-state index >= 15 is 0 Å². The Labute approximate surface area is 249 Å². The number of carbonyl (C=O) groups is 1. The summed E-state index contributed by atoms with van der Waals surface area (Å²) in [5.41, 5.74) is 2.68. The predicted molar refractivity (Wildman–Crippen MR) is 162 cm³/mol. The largest absolute Gasteiger partial charge is 0.369 e. The number of carbonyl (C=O) groups excluding carboxylic acids is 1. The number of likely N-dealkylation sites (tertiary alicyclic amines) is 1. The van der Waals surface area contributed by atoms with Crippen molar-refractivity contribution in [3.05, 3.63) is 57.9 Å². The number of fused-ring (bicyclic) bond motifs is 3. The summed E-state index contributed by atoms with van der Waals surface area (Å²) >= 11 is 0. The number of H-pyrrole nitrogens is 1. The van der Waals surface area contributed by atoms with E-state index in [4.69, 9.17) is 0 Å². The first-order valence-corrected chi connectivity index (χ1v) is 16.3. The zero-order chi connectivity index (χ0) is 29.9. The van der Waals surface area contributed by atoms with Crippen molar-refractivity contribution >= 4 is 38.0 Å². The number of anilines is 1. The van der Waals surface area contributed by atoms with E-state index in [1.807, 2.05) is 24.0 Å². The molecular weight excluding hydrogens is 568 g/mol. The Morgan fingerprint density at radius 3 is 2.58 bits per heavy atom. The van der Waals surface area contributed by atoms with E-state index in [2.05, 4.69) is 30.4 Å². The minimum absolute atomic E-state index is 0.0324. The lowest BCUT2D eigenvalue weighted by Gasteiger charge is -2.36. The topological polar surface area (TPSA) is 136 Å². The number of nitrogens with zero attached hydrogens (tertiary/aromatic N) is 6. The van der Waals surface area contributed by atoms with Crippen molar-refractivity contribution in [3.8, 4) is 0 Å². The van der Waals surface area contributed by atoms with Gasteiger partial charge in [-0.05, 0) is 63.1 Å². The average Bonchev–Trinajstić information content (AvgIpc) is 3.74. The van der Waals surface area contributed by atoms with Crippen LogP contribution in [-0.4, -0.2) is 103 Å². The zero-order valence-electron chi connectivity index (χ0n) is 24.5. The summed E-state index contributed by atoms with van der Waals surface area (Å²) in [5.74, 6) is 0.211. The van der Waals surface area contributed by atoms with E-state index < -0.39 is 15.4 Å². The van der Waals surface area contributed by atoms with E-state index in [0.717, 1.165) is 76.5 Å². The van der Waals surface area contributed by atoms with Crippen LogP contribution in [0, 0.1) is 19.3 Å². The van der Waals surface area contributed by atoms with Crippen molar-refractivity contribution in [3.63, 3.8) is 0 Å². The summed E-state index contributed by atoms with van der Waals surface area (Å²) in [5, 5.41) is 10.4. The number of amides is 1. The van der Waals surface area contributed by atoms with Gasteiger partial charge in [0.05, 0.1) is 22.3 Å². The van der Waals surface area contributed by atoms with E-state index in [1.165, 1.54) is 4.52 Å². The highest BCUT2D eigenvalue weighted by Crippen LogP contribution is 2.36. The Morgan fingerprint density at radius 2 is 1.84 bits per heavy atom. The van der Waals surface area contributed by atoms with Gasteiger partial charge in [-0.15, -0.1) is 5.10 Å². The molecule has 0 aliphatic carbocycles. The number of hydrogen-bond acceptors (Lipinski definition) is 9. The quantitative estimate of drug-likeness (QED) is 0.346. The SMILES string of the molecule is Cc1ccc(S(=O)(=O)c2n[nH]n3c2nc(=O)c2ccc(N4CCN(CC(=O)N5CCC6(CCNC6)C5)CC4)cc23)c(C)c1. The maximum absolute atomic E-state index is 13.6. The van der Waals surface area contributed by atoms with E-state index in [0.29, 0.717) is 23.0 Å². The Hall–Kier alpha value is -3.81. The molecule has 3 aliphatic rings. The molecule has 12 nitrogen and oxygen atoms in total. The molecule has 13 heteroatoms. The summed E-state index contributed by atoms with van der Waals surface area (Å²) in [6.45, 7) is 10.8. The number of nitrogens with one attached hydrogen (secondary N) is 2. The van der Waals surface area contributed by atoms with Crippen LogP contribution in [-0.2, 0) is 14.6 Å². The zero-order valence-corrected chi connectivity index (χ0v) is 25.3. The van der Waals surface area contributed by atoms with Crippen molar-refractivity contribution in [2.24, 2.45) is 5.41 Å². The molecule has 226 valence electrons. The first kappa shape index (κ1) is 28.0. The van der Waals surface area contributed by atoms with Gasteiger partial charge in [0.15, 0.2) is 5.65 Å². The van der Waals surface area contributed by atoms with Crippen LogP contribution in [0.3, 0.4) is 0 Å². The molecule has 5 heterocycles. The fraction of sp³-hybridized carbons (Fsp3) is 0.467. The first-order chi connectivity index (χ1) is 20.6. The van der Waals surface area contributed by atoms with Crippen LogP contribution in [0.5, 0.6) is 0 Å². The minimum atomic E-state index is -4.03. The maximum atomic E-state index is 13.6. The van der Waals surface area contributed by atoms with Gasteiger partial charge in [0.2, 0.25) is 20.8 Å². The van der Waals surface area contributed by atoms with Gasteiger partial charge in [0.1, 0.15) is 0 Å². The number of benzene rings is 2. The van der Waals surface area contributed by atoms with Gasteiger partial charge in [-0.25, -0.2) is 18.1 Å². The third-order valence-electron chi connectivity index (χ3n) is 9.41. The second-order valence-electron chi connectivity index (χ2n) is 12.3. The molecule has 2 aromatic heterocycles. The van der Waals surface area contributed by atoms with Gasteiger partial charge in [0, 0.05) is 56.9 Å². The van der Waals surface area contributed by atoms with Gasteiger partial charge in [-0.1, -0.05) is 17.7 Å². The molecule has 0 saturated carbocycles. The second-order valence-corrected chi connectivity index (χ2v) is 14.2. The lowest BCUT2D eigenvalue weighted by molar-refractivity contribution is -0.131. The summed E-state index contributed by atoms with van der Waals surface area (Å²) in [6, 6.07) is 10.6. The minimum Gasteiger partial charge on any atom is -0.369 e. The lowest BCUT2D eigenvalue weighted by Crippen LogP contribution is -2.50. The Kier molecular flexibility index (Phi) is 6.78. The Morgan fingerprint density at radius 1 is 1.02 bits per heavy atom. The molecule has 3 aliphatic heterocycles. The van der Waals surface area contributed by atoms with E-state index in [-0.39, 0.29) is 26.9 Å². The summed E-state index contributed by atoms with van der Waals surface area (Å²) in [4.78, 5) is 36.8. The van der Waals surface area contributed by atoms with Crippen LogP contribution in [0.2, 0.25) is 0 Å². The first-order valence-electron chi connectivity index (χ1n) is 14.8. The fourth-order valence-electron chi connectivity index (χ4n) is 6.93. The standard InChI is InChI=1S/C30H36N8O4S/c1-20-3-6-25(21(2)15-20)43(41,42)29-27-32-28(40)23-5-4-22(16-24(23)38(27)34-33-29)36-13-11-35(12-14-36)17-26(39)37-10-8-30(19-37)7-9-31-18-30/h3-6,15-16,31,34H,7-14,17-19H2,1-2H3. The average molecular weight is 605 g/mol. The van der Waals surface area contributed by atoms with Crippen molar-refractivity contribution in [2.75, 3.05) is 63.8 Å². The fourth-order valence-corrected chi connectivity index (χ4v) is 8.40. The second kappa shape index (κ2) is 10.4. The van der Waals surface area contributed by atoms with Crippen LogP contribution in [0.4, 0.5) is 5.69 Å². The molecule has 2 aromatic carbocycles. The predicted octanol–water partition coefficient (Wildman–Crippen LogP) is 1.35. The third-order valence-corrected chi connectivity index (χ3v) is 11.2. The van der Waals surface area contributed by atoms with Crippen LogP contribution >= 0.6 is 0 Å². The van der Waals surface area contributed by atoms with Gasteiger partial charge < -0.3 is 15.1 Å². The monoisotopic (exact) mass is 604 g/mol. The van der Waals surface area contributed by atoms with Gasteiger partial charge in [0.25, 0.3) is 5.56 Å². The number of hydrogen-bond donors (Lipinski definition) is 2. The molecule has 4 aromatic rings. The van der Waals surface area contributed by atoms with Gasteiger partial charge in [-0.2, -0.15) is 4.98 Å². The van der Waals surface area contributed by atoms with E-state index in [1.54, 1.807) is 31.2 Å². The normalized spacial score (nSPS) is 21.5. The van der Waals surface area contributed by atoms with Crippen molar-refractivity contribution < 1.29 is 13.2 Å². The molecule has 43 heavy (non-hydrogen) atoms. The number of sulfone groups is 1. The molecule has 3 saturated heterocycles. The Balaban J connectivity index is 1.10. The third kappa shape index (κ3) is 4.88. The lowest BCUT2D eigenvalue weighted by atomic mass is 9.87. The van der Waals surface area contributed by atoms with Crippen LogP contribution in [0.1, 0.15) is 24.0 Å². The molecule has 1 unspecified atom stereocenters. The molecule has 2 N–H and O–H groups in total. The van der Waals surface area contributed by atoms with Crippen molar-refractivity contribution in [1.29, 1.82) is 0 Å². The van der Waals surface area contributed by atoms with Crippen molar-refractivity contribution in [2.45, 2.75) is 36.6 Å². The van der Waals surface area contributed by atoms with E-state index in [9.17, 15) is 18.0 Å². The summed E-state index contributed by atoms with van der Waals surface area (Å²) in [6.07, 6.45) is 2.24. The number of aryl methyl sites for hydroxylation is 2. The maximum Gasteiger partial charge on any atom is 0.281 e. The molecule has 3 fully saturated rings. The highest BCUT2D eigenvalue weighted by Gasteiger charge is 2.42. The van der Waals surface area contributed by atoms with Crippen LogP contribution in [0.25, 0.3) is 16.6 Å². The summed E-state index contributed by atoms with van der Waals surface area (Å²) in [7, 11) is -4.03. The molecule has 7 rings (SSSR count). The summed E-state index contributed by atoms with van der Waals surface area (Å²) < 4.78 is 28.6. The molecule has 1 amide bonds. The number of piperazine rings is 1. The van der Waals surface area contributed by atoms with Gasteiger partial charge in [-0.3, -0.25) is 14.5 Å². The Bertz CT molecular complexity index is 1900. The smallest absolute Gasteiger partial charge is 0.281 e. The number of aromatic nitrogens is 4. The van der Waals surface area contributed by atoms with Crippen LogP contribution in [0.15, 0.2) is 51.1 Å². The number of rotatable bonds is 5.